The molecule has 2 unspecified atom stereocenters. The highest BCUT2D eigenvalue weighted by Gasteiger charge is 2.31. The van der Waals surface area contributed by atoms with Crippen LogP contribution in [0.2, 0.25) is 0 Å². The first-order valence-corrected chi connectivity index (χ1v) is 16.5. The van der Waals surface area contributed by atoms with Crippen LogP contribution in [0.15, 0.2) is 89.8 Å². The molecule has 3 aromatic rings. The number of allylic oxidation sites excluding steroid dienone is 1. The highest BCUT2D eigenvalue weighted by Crippen LogP contribution is 2.30. The van der Waals surface area contributed by atoms with Crippen LogP contribution in [0, 0.1) is 6.92 Å². The molecule has 0 spiro atoms. The lowest BCUT2D eigenvalue weighted by Crippen LogP contribution is -2.33. The quantitative estimate of drug-likeness (QED) is 0.0793. The number of benzene rings is 3. The highest BCUT2D eigenvalue weighted by atomic mass is 32.2. The summed E-state index contributed by atoms with van der Waals surface area (Å²) in [5.74, 6) is -0.110. The third-order valence-electron chi connectivity index (χ3n) is 7.14. The minimum absolute atomic E-state index is 0.150. The maximum atomic E-state index is 13.6. The lowest BCUT2D eigenvalue weighted by atomic mass is 10.0. The monoisotopic (exact) mass is 622 g/mol. The molecule has 0 amide bonds. The maximum Gasteiger partial charge on any atom is 0.343 e. The second-order valence-corrected chi connectivity index (χ2v) is 12.6. The fraction of sp³-hybridized carbons (Fsp3) is 0.371. The van der Waals surface area contributed by atoms with Crippen LogP contribution in [0.25, 0.3) is 0 Å². The Bertz CT molecular complexity index is 1480. The minimum Gasteiger partial charge on any atom is -0.493 e. The molecular formula is C35H42O8S. The average molecular weight is 623 g/mol. The van der Waals surface area contributed by atoms with E-state index in [1.807, 2.05) is 13.0 Å². The second kappa shape index (κ2) is 17.4. The number of hydrogen-bond acceptors (Lipinski definition) is 8. The zero-order valence-corrected chi connectivity index (χ0v) is 26.4. The van der Waals surface area contributed by atoms with Crippen molar-refractivity contribution in [1.29, 1.82) is 0 Å². The molecular weight excluding hydrogens is 580 g/mol. The molecule has 0 saturated carbocycles. The molecule has 0 fully saturated rings. The van der Waals surface area contributed by atoms with Crippen LogP contribution in [0.4, 0.5) is 0 Å². The molecule has 3 rings (SSSR count). The number of aryl methyl sites for hydroxylation is 2. The van der Waals surface area contributed by atoms with Crippen LogP contribution in [0.1, 0.15) is 66.9 Å². The molecule has 0 radical (unpaired) electrons. The zero-order valence-electron chi connectivity index (χ0n) is 25.6. The van der Waals surface area contributed by atoms with E-state index in [9.17, 15) is 23.1 Å². The van der Waals surface area contributed by atoms with Crippen LogP contribution < -0.4 is 9.47 Å². The summed E-state index contributed by atoms with van der Waals surface area (Å²) in [6.07, 6.45) is 6.01. The first-order chi connectivity index (χ1) is 21.1. The van der Waals surface area contributed by atoms with Gasteiger partial charge >= 0.3 is 11.9 Å². The van der Waals surface area contributed by atoms with Crippen molar-refractivity contribution in [3.05, 3.63) is 102 Å². The summed E-state index contributed by atoms with van der Waals surface area (Å²) in [6, 6.07) is 20.3. The van der Waals surface area contributed by atoms with Crippen molar-refractivity contribution >= 4 is 21.8 Å². The highest BCUT2D eigenvalue weighted by molar-refractivity contribution is 7.92. The fourth-order valence-corrected chi connectivity index (χ4v) is 6.36. The van der Waals surface area contributed by atoms with Gasteiger partial charge in [0, 0.05) is 6.42 Å². The van der Waals surface area contributed by atoms with E-state index in [2.05, 4.69) is 0 Å². The molecule has 3 aromatic carbocycles. The van der Waals surface area contributed by atoms with Crippen LogP contribution >= 0.6 is 0 Å². The Morgan fingerprint density at radius 2 is 1.66 bits per heavy atom. The molecule has 0 aliphatic carbocycles. The first-order valence-electron chi connectivity index (χ1n) is 14.9. The molecule has 0 saturated heterocycles. The molecule has 44 heavy (non-hydrogen) atoms. The molecule has 0 aliphatic rings. The van der Waals surface area contributed by atoms with Crippen molar-refractivity contribution in [2.75, 3.05) is 13.7 Å². The molecule has 0 aliphatic heterocycles. The van der Waals surface area contributed by atoms with E-state index < -0.39 is 27.2 Å². The van der Waals surface area contributed by atoms with Crippen molar-refractivity contribution in [2.45, 2.75) is 75.0 Å². The van der Waals surface area contributed by atoms with Gasteiger partial charge in [-0.2, -0.15) is 0 Å². The Balaban J connectivity index is 1.68. The molecule has 9 heteroatoms. The lowest BCUT2D eigenvalue weighted by molar-refractivity contribution is -0.143. The van der Waals surface area contributed by atoms with Gasteiger partial charge in [-0.1, -0.05) is 60.5 Å². The van der Waals surface area contributed by atoms with Crippen molar-refractivity contribution in [3.63, 3.8) is 0 Å². The summed E-state index contributed by atoms with van der Waals surface area (Å²) in [5.41, 5.74) is 2.14. The van der Waals surface area contributed by atoms with Crippen molar-refractivity contribution < 1.29 is 37.3 Å². The molecule has 236 valence electrons. The predicted octanol–water partition coefficient (Wildman–Crippen LogP) is 6.43. The van der Waals surface area contributed by atoms with Gasteiger partial charge in [0.2, 0.25) is 0 Å². The van der Waals surface area contributed by atoms with Gasteiger partial charge in [0.25, 0.3) is 0 Å². The number of rotatable bonds is 17. The number of hydrogen-bond donors (Lipinski definition) is 1. The number of aliphatic hydroxyl groups excluding tert-OH is 1. The Kier molecular flexibility index (Phi) is 13.6. The summed E-state index contributed by atoms with van der Waals surface area (Å²) >= 11 is 0. The van der Waals surface area contributed by atoms with Gasteiger partial charge in [-0.25, -0.2) is 13.2 Å². The number of esters is 2. The number of unbranched alkanes of at least 4 members (excludes halogenated alkanes) is 3. The van der Waals surface area contributed by atoms with E-state index in [-0.39, 0.29) is 23.0 Å². The van der Waals surface area contributed by atoms with E-state index in [4.69, 9.17) is 14.2 Å². The van der Waals surface area contributed by atoms with E-state index in [0.29, 0.717) is 43.6 Å². The van der Waals surface area contributed by atoms with Crippen molar-refractivity contribution in [2.24, 2.45) is 0 Å². The number of carbonyl (C=O) groups excluding carboxylic acids is 2. The Hall–Kier alpha value is -3.95. The topological polar surface area (TPSA) is 116 Å². The first kappa shape index (κ1) is 34.5. The summed E-state index contributed by atoms with van der Waals surface area (Å²) in [7, 11) is -2.40. The van der Waals surface area contributed by atoms with Gasteiger partial charge in [-0.3, -0.25) is 4.79 Å². The normalized spacial score (nSPS) is 12.9. The van der Waals surface area contributed by atoms with Gasteiger partial charge in [0.1, 0.15) is 5.25 Å². The SMILES string of the molecule is CCOC(=O)CCCCCC=CC(C(O)CCc1ccc(OC(=O)c2ccccc2)c(OC)c1)S(=O)(=O)c1ccc(C)cc1. The maximum absolute atomic E-state index is 13.6. The molecule has 0 aromatic heterocycles. The number of sulfone groups is 1. The van der Waals surface area contributed by atoms with Gasteiger partial charge < -0.3 is 19.3 Å². The predicted molar refractivity (Wildman–Crippen MR) is 170 cm³/mol. The molecule has 1 N–H and O–H groups in total. The standard InChI is InChI=1S/C35H42O8S/c1-4-42-34(37)16-12-7-5-6-11-15-33(44(39,40)29-21-17-26(2)18-22-29)30(36)23-19-27-20-24-31(32(25-27)41-3)43-35(38)28-13-9-8-10-14-28/h8-11,13-15,17-18,20-22,24-25,30,33,36H,4-7,12,16,19,23H2,1-3H3. The van der Waals surface area contributed by atoms with Gasteiger partial charge in [-0.15, -0.1) is 0 Å². The zero-order chi connectivity index (χ0) is 32.0. The van der Waals surface area contributed by atoms with E-state index >= 15 is 0 Å². The van der Waals surface area contributed by atoms with Gasteiger partial charge in [-0.05, 0) is 87.9 Å². The molecule has 0 heterocycles. The van der Waals surface area contributed by atoms with Crippen molar-refractivity contribution in [1.82, 2.24) is 0 Å². The van der Waals surface area contributed by atoms with Crippen LogP contribution in [-0.2, 0) is 25.8 Å². The number of carbonyl (C=O) groups is 2. The van der Waals surface area contributed by atoms with E-state index in [1.165, 1.54) is 7.11 Å². The Morgan fingerprint density at radius 3 is 2.34 bits per heavy atom. The van der Waals surface area contributed by atoms with Crippen LogP contribution in [0.5, 0.6) is 11.5 Å². The fourth-order valence-electron chi connectivity index (χ4n) is 4.66. The summed E-state index contributed by atoms with van der Waals surface area (Å²) in [5, 5.41) is 10.1. The smallest absolute Gasteiger partial charge is 0.343 e. The third kappa shape index (κ3) is 10.3. The summed E-state index contributed by atoms with van der Waals surface area (Å²) in [6.45, 7) is 4.02. The average Bonchev–Trinajstić information content (AvgIpc) is 3.02. The van der Waals surface area contributed by atoms with Gasteiger partial charge in [0.05, 0.1) is 30.3 Å². The van der Waals surface area contributed by atoms with Crippen LogP contribution in [0.3, 0.4) is 0 Å². The van der Waals surface area contributed by atoms with E-state index in [1.54, 1.807) is 85.8 Å². The second-order valence-electron chi connectivity index (χ2n) is 10.5. The molecule has 0 bridgehead atoms. The summed E-state index contributed by atoms with van der Waals surface area (Å²) < 4.78 is 43.2. The largest absolute Gasteiger partial charge is 0.493 e. The third-order valence-corrected chi connectivity index (χ3v) is 9.26. The van der Waals surface area contributed by atoms with Crippen molar-refractivity contribution in [3.8, 4) is 11.5 Å². The number of methoxy groups -OCH3 is 1. The number of ether oxygens (including phenoxy) is 3. The van der Waals surface area contributed by atoms with E-state index in [0.717, 1.165) is 24.0 Å². The summed E-state index contributed by atoms with van der Waals surface area (Å²) in [4.78, 5) is 24.2. The van der Waals surface area contributed by atoms with Gasteiger partial charge in [0.15, 0.2) is 21.3 Å². The minimum atomic E-state index is -3.88. The Labute approximate surface area is 260 Å². The lowest BCUT2D eigenvalue weighted by Gasteiger charge is -2.21. The molecule has 2 atom stereocenters. The number of aliphatic hydroxyl groups is 1. The van der Waals surface area contributed by atoms with Crippen LogP contribution in [-0.4, -0.2) is 50.5 Å². The Morgan fingerprint density at radius 1 is 0.932 bits per heavy atom. The molecule has 8 nitrogen and oxygen atoms in total.